The number of methoxy groups -OCH3 is 1. The fraction of sp³-hybridized carbons (Fsp3) is 0.276. The van der Waals surface area contributed by atoms with Gasteiger partial charge in [-0.2, -0.15) is 0 Å². The standard InChI is InChI=1S/C29H31ClN4O2S/c1-21-8-3-4-9-23(21)20-37-29-33-32-27(34(29)25-11-7-10-24(30)18-25)12-5-6-13-28(35)31-19-22-14-16-26(36-2)17-15-22/h3-4,7-11,14-18H,5-6,12-13,19-20H2,1-2H3,(H,31,35). The number of benzene rings is 3. The van der Waals surface area contributed by atoms with Crippen LogP contribution in [0.15, 0.2) is 78.0 Å². The van der Waals surface area contributed by atoms with Crippen molar-refractivity contribution in [3.05, 3.63) is 100 Å². The van der Waals surface area contributed by atoms with Crippen LogP contribution in [0.1, 0.15) is 41.8 Å². The van der Waals surface area contributed by atoms with Crippen LogP contribution in [0.5, 0.6) is 5.75 Å². The summed E-state index contributed by atoms with van der Waals surface area (Å²) in [5.74, 6) is 2.52. The van der Waals surface area contributed by atoms with Crippen molar-refractivity contribution in [2.75, 3.05) is 7.11 Å². The molecule has 0 spiro atoms. The molecular weight excluding hydrogens is 504 g/mol. The van der Waals surface area contributed by atoms with E-state index in [0.29, 0.717) is 18.0 Å². The monoisotopic (exact) mass is 534 g/mol. The Kier molecular flexibility index (Phi) is 9.63. The Morgan fingerprint density at radius 2 is 1.84 bits per heavy atom. The summed E-state index contributed by atoms with van der Waals surface area (Å²) < 4.78 is 7.25. The Labute approximate surface area is 227 Å². The van der Waals surface area contributed by atoms with Crippen LogP contribution >= 0.6 is 23.4 Å². The first kappa shape index (κ1) is 26.8. The highest BCUT2D eigenvalue weighted by Crippen LogP contribution is 2.28. The van der Waals surface area contributed by atoms with Gasteiger partial charge in [0.25, 0.3) is 0 Å². The number of aromatic nitrogens is 3. The van der Waals surface area contributed by atoms with E-state index < -0.39 is 0 Å². The van der Waals surface area contributed by atoms with Crippen molar-refractivity contribution in [3.8, 4) is 11.4 Å². The molecule has 8 heteroatoms. The second-order valence-corrected chi connectivity index (χ2v) is 10.1. The summed E-state index contributed by atoms with van der Waals surface area (Å²) >= 11 is 7.96. The van der Waals surface area contributed by atoms with E-state index in [-0.39, 0.29) is 5.91 Å². The minimum atomic E-state index is 0.0431. The molecule has 0 saturated carbocycles. The van der Waals surface area contributed by atoms with Crippen LogP contribution in [0.25, 0.3) is 5.69 Å². The van der Waals surface area contributed by atoms with Gasteiger partial charge in [0.15, 0.2) is 5.16 Å². The minimum absolute atomic E-state index is 0.0431. The highest BCUT2D eigenvalue weighted by atomic mass is 35.5. The number of carbonyl (C=O) groups is 1. The van der Waals surface area contributed by atoms with Crippen molar-refractivity contribution in [3.63, 3.8) is 0 Å². The molecule has 1 heterocycles. The summed E-state index contributed by atoms with van der Waals surface area (Å²) in [7, 11) is 1.64. The number of carbonyl (C=O) groups excluding carboxylic acids is 1. The van der Waals surface area contributed by atoms with Crippen LogP contribution in [0.3, 0.4) is 0 Å². The van der Waals surface area contributed by atoms with Gasteiger partial charge in [-0.1, -0.05) is 65.8 Å². The molecule has 37 heavy (non-hydrogen) atoms. The third-order valence-electron chi connectivity index (χ3n) is 6.09. The van der Waals surface area contributed by atoms with E-state index >= 15 is 0 Å². The molecule has 0 aliphatic rings. The Morgan fingerprint density at radius 3 is 2.59 bits per heavy atom. The van der Waals surface area contributed by atoms with Crippen molar-refractivity contribution < 1.29 is 9.53 Å². The average molecular weight is 535 g/mol. The molecule has 0 fully saturated rings. The molecule has 0 unspecified atom stereocenters. The number of aryl methyl sites for hydroxylation is 2. The predicted octanol–water partition coefficient (Wildman–Crippen LogP) is 6.56. The maximum atomic E-state index is 12.3. The van der Waals surface area contributed by atoms with Gasteiger partial charge in [0, 0.05) is 30.2 Å². The third-order valence-corrected chi connectivity index (χ3v) is 7.30. The summed E-state index contributed by atoms with van der Waals surface area (Å²) in [5, 5.41) is 13.5. The molecule has 0 atom stereocenters. The lowest BCUT2D eigenvalue weighted by molar-refractivity contribution is -0.121. The molecule has 0 bridgehead atoms. The summed E-state index contributed by atoms with van der Waals surface area (Å²) in [6.45, 7) is 2.63. The molecular formula is C29H31ClN4O2S. The first-order chi connectivity index (χ1) is 18.0. The van der Waals surface area contributed by atoms with Gasteiger partial charge in [-0.3, -0.25) is 9.36 Å². The topological polar surface area (TPSA) is 69.0 Å². The number of nitrogens with one attached hydrogen (secondary N) is 1. The molecule has 0 radical (unpaired) electrons. The molecule has 6 nitrogen and oxygen atoms in total. The summed E-state index contributed by atoms with van der Waals surface area (Å²) in [6, 6.07) is 23.8. The molecule has 0 saturated heterocycles. The number of unbranched alkanes of at least 4 members (excludes halogenated alkanes) is 1. The highest BCUT2D eigenvalue weighted by Gasteiger charge is 2.15. The van der Waals surface area contributed by atoms with E-state index in [1.165, 1.54) is 11.1 Å². The van der Waals surface area contributed by atoms with Crippen molar-refractivity contribution >= 4 is 29.3 Å². The largest absolute Gasteiger partial charge is 0.497 e. The Hall–Kier alpha value is -3.29. The molecule has 192 valence electrons. The number of halogens is 1. The van der Waals surface area contributed by atoms with E-state index in [1.54, 1.807) is 18.9 Å². The Morgan fingerprint density at radius 1 is 1.03 bits per heavy atom. The number of ether oxygens (including phenoxy) is 1. The number of rotatable bonds is 12. The first-order valence-corrected chi connectivity index (χ1v) is 13.7. The Balaban J connectivity index is 1.34. The van der Waals surface area contributed by atoms with Gasteiger partial charge in [0.2, 0.25) is 5.91 Å². The van der Waals surface area contributed by atoms with Crippen molar-refractivity contribution in [1.82, 2.24) is 20.1 Å². The molecule has 0 aliphatic carbocycles. The minimum Gasteiger partial charge on any atom is -0.497 e. The zero-order chi connectivity index (χ0) is 26.0. The first-order valence-electron chi connectivity index (χ1n) is 12.3. The third kappa shape index (κ3) is 7.60. The predicted molar refractivity (Wildman–Crippen MR) is 150 cm³/mol. The summed E-state index contributed by atoms with van der Waals surface area (Å²) in [5.41, 5.74) is 4.51. The fourth-order valence-electron chi connectivity index (χ4n) is 3.95. The molecule has 4 rings (SSSR count). The van der Waals surface area contributed by atoms with Crippen LogP contribution in [0, 0.1) is 6.92 Å². The average Bonchev–Trinajstić information content (AvgIpc) is 3.32. The lowest BCUT2D eigenvalue weighted by Gasteiger charge is -2.11. The second-order valence-electron chi connectivity index (χ2n) is 8.76. The van der Waals surface area contributed by atoms with E-state index in [1.807, 2.05) is 48.5 Å². The van der Waals surface area contributed by atoms with Crippen molar-refractivity contribution in [2.45, 2.75) is 50.1 Å². The zero-order valence-corrected chi connectivity index (χ0v) is 22.7. The van der Waals surface area contributed by atoms with Crippen LogP contribution in [-0.2, 0) is 23.5 Å². The highest BCUT2D eigenvalue weighted by molar-refractivity contribution is 7.98. The fourth-order valence-corrected chi connectivity index (χ4v) is 5.18. The van der Waals surface area contributed by atoms with Gasteiger partial charge in [-0.15, -0.1) is 10.2 Å². The maximum Gasteiger partial charge on any atom is 0.220 e. The van der Waals surface area contributed by atoms with Gasteiger partial charge >= 0.3 is 0 Å². The SMILES string of the molecule is COc1ccc(CNC(=O)CCCCc2nnc(SCc3ccccc3C)n2-c2cccc(Cl)c2)cc1. The van der Waals surface area contributed by atoms with Gasteiger partial charge in [0.05, 0.1) is 12.8 Å². The van der Waals surface area contributed by atoms with E-state index in [9.17, 15) is 4.79 Å². The number of hydrogen-bond donors (Lipinski definition) is 1. The summed E-state index contributed by atoms with van der Waals surface area (Å²) in [6.07, 6.45) is 2.78. The molecule has 0 aliphatic heterocycles. The number of nitrogens with zero attached hydrogens (tertiary/aromatic N) is 3. The van der Waals surface area contributed by atoms with Gasteiger partial charge in [-0.25, -0.2) is 0 Å². The van der Waals surface area contributed by atoms with Crippen LogP contribution in [0.4, 0.5) is 0 Å². The lowest BCUT2D eigenvalue weighted by Crippen LogP contribution is -2.22. The number of hydrogen-bond acceptors (Lipinski definition) is 5. The van der Waals surface area contributed by atoms with E-state index in [4.69, 9.17) is 16.3 Å². The van der Waals surface area contributed by atoms with Gasteiger partial charge in [0.1, 0.15) is 11.6 Å². The normalized spacial score (nSPS) is 10.9. The molecule has 3 aromatic carbocycles. The van der Waals surface area contributed by atoms with Gasteiger partial charge < -0.3 is 10.1 Å². The van der Waals surface area contributed by atoms with E-state index in [0.717, 1.165) is 53.0 Å². The Bertz CT molecular complexity index is 1320. The smallest absolute Gasteiger partial charge is 0.220 e. The molecule has 1 N–H and O–H groups in total. The number of thioether (sulfide) groups is 1. The molecule has 1 amide bonds. The van der Waals surface area contributed by atoms with Crippen molar-refractivity contribution in [2.24, 2.45) is 0 Å². The van der Waals surface area contributed by atoms with Crippen LogP contribution in [-0.4, -0.2) is 27.8 Å². The van der Waals surface area contributed by atoms with E-state index in [2.05, 4.69) is 51.3 Å². The van der Waals surface area contributed by atoms with Crippen molar-refractivity contribution in [1.29, 1.82) is 0 Å². The quantitative estimate of drug-likeness (QED) is 0.165. The maximum absolute atomic E-state index is 12.3. The van der Waals surface area contributed by atoms with Crippen LogP contribution in [0.2, 0.25) is 5.02 Å². The zero-order valence-electron chi connectivity index (χ0n) is 21.1. The molecule has 1 aromatic heterocycles. The lowest BCUT2D eigenvalue weighted by atomic mass is 10.1. The second kappa shape index (κ2) is 13.3. The molecule has 4 aromatic rings. The number of amides is 1. The van der Waals surface area contributed by atoms with Crippen LogP contribution < -0.4 is 10.1 Å². The summed E-state index contributed by atoms with van der Waals surface area (Å²) in [4.78, 5) is 12.3. The van der Waals surface area contributed by atoms with Gasteiger partial charge in [-0.05, 0) is 66.8 Å².